The van der Waals surface area contributed by atoms with Crippen molar-refractivity contribution in [2.45, 2.75) is 44.6 Å². The molecule has 1 rings (SSSR count). The van der Waals surface area contributed by atoms with Crippen molar-refractivity contribution in [2.24, 2.45) is 5.92 Å². The molecule has 4 heteroatoms. The topological polar surface area (TPSA) is 49.8 Å². The van der Waals surface area contributed by atoms with Crippen molar-refractivity contribution >= 4 is 5.97 Å². The number of aliphatic hydroxyl groups excluding tert-OH is 1. The van der Waals surface area contributed by atoms with Crippen LogP contribution in [-0.2, 0) is 9.53 Å². The summed E-state index contributed by atoms with van der Waals surface area (Å²) in [7, 11) is 3.34. The highest BCUT2D eigenvalue weighted by atomic mass is 16.5. The highest BCUT2D eigenvalue weighted by Crippen LogP contribution is 2.27. The van der Waals surface area contributed by atoms with E-state index in [9.17, 15) is 9.90 Å². The largest absolute Gasteiger partial charge is 0.469 e. The molecule has 1 aliphatic carbocycles. The Morgan fingerprint density at radius 2 is 2.12 bits per heavy atom. The number of esters is 1. The minimum absolute atomic E-state index is 0.0876. The summed E-state index contributed by atoms with van der Waals surface area (Å²) in [5.74, 6) is 0.525. The van der Waals surface area contributed by atoms with Crippen LogP contribution in [0.15, 0.2) is 0 Å². The SMILES string of the molecule is COC(=O)CC(O)CN(C)CCC1CCCC1. The van der Waals surface area contributed by atoms with Gasteiger partial charge in [0, 0.05) is 6.54 Å². The molecule has 0 aromatic carbocycles. The molecule has 1 N–H and O–H groups in total. The number of hydrogen-bond acceptors (Lipinski definition) is 4. The van der Waals surface area contributed by atoms with Crippen LogP contribution in [0.3, 0.4) is 0 Å². The first-order chi connectivity index (χ1) is 8.11. The van der Waals surface area contributed by atoms with Gasteiger partial charge in [0.05, 0.1) is 19.6 Å². The summed E-state index contributed by atoms with van der Waals surface area (Å²) in [6.45, 7) is 1.55. The Hall–Kier alpha value is -0.610. The third kappa shape index (κ3) is 6.03. The first-order valence-corrected chi connectivity index (χ1v) is 6.55. The van der Waals surface area contributed by atoms with Gasteiger partial charge in [0.1, 0.15) is 0 Å². The number of methoxy groups -OCH3 is 1. The number of likely N-dealkylation sites (N-methyl/N-ethyl adjacent to an activating group) is 1. The molecule has 0 spiro atoms. The molecule has 1 fully saturated rings. The Morgan fingerprint density at radius 3 is 2.71 bits per heavy atom. The predicted molar refractivity (Wildman–Crippen MR) is 66.7 cm³/mol. The Balaban J connectivity index is 2.10. The number of carbonyl (C=O) groups is 1. The average Bonchev–Trinajstić information content (AvgIpc) is 2.78. The Bertz CT molecular complexity index is 227. The third-order valence-corrected chi connectivity index (χ3v) is 3.55. The normalized spacial score (nSPS) is 18.6. The summed E-state index contributed by atoms with van der Waals surface area (Å²) in [6, 6.07) is 0. The Kier molecular flexibility index (Phi) is 6.52. The van der Waals surface area contributed by atoms with Gasteiger partial charge in [-0.1, -0.05) is 25.7 Å². The van der Waals surface area contributed by atoms with Gasteiger partial charge in [0.15, 0.2) is 0 Å². The number of rotatable bonds is 7. The minimum Gasteiger partial charge on any atom is -0.469 e. The van der Waals surface area contributed by atoms with Gasteiger partial charge in [0.2, 0.25) is 0 Å². The van der Waals surface area contributed by atoms with Gasteiger partial charge < -0.3 is 14.7 Å². The number of nitrogens with zero attached hydrogens (tertiary/aromatic N) is 1. The first kappa shape index (κ1) is 14.5. The molecule has 1 unspecified atom stereocenters. The van der Waals surface area contributed by atoms with Crippen molar-refractivity contribution in [2.75, 3.05) is 27.2 Å². The van der Waals surface area contributed by atoms with Crippen LogP contribution in [0.1, 0.15) is 38.5 Å². The highest BCUT2D eigenvalue weighted by Gasteiger charge is 2.17. The lowest BCUT2D eigenvalue weighted by atomic mass is 10.0. The van der Waals surface area contributed by atoms with Gasteiger partial charge in [0.25, 0.3) is 0 Å². The van der Waals surface area contributed by atoms with Crippen molar-refractivity contribution < 1.29 is 14.6 Å². The molecular formula is C13H25NO3. The number of hydrogen-bond donors (Lipinski definition) is 1. The summed E-state index contributed by atoms with van der Waals surface area (Å²) in [5, 5.41) is 9.67. The van der Waals surface area contributed by atoms with Crippen LogP contribution in [-0.4, -0.2) is 49.3 Å². The van der Waals surface area contributed by atoms with Crippen LogP contribution in [0.25, 0.3) is 0 Å². The fraction of sp³-hybridized carbons (Fsp3) is 0.923. The highest BCUT2D eigenvalue weighted by molar-refractivity contribution is 5.69. The molecule has 100 valence electrons. The molecule has 0 aromatic rings. The van der Waals surface area contributed by atoms with E-state index < -0.39 is 6.10 Å². The maximum Gasteiger partial charge on any atom is 0.308 e. The van der Waals surface area contributed by atoms with Gasteiger partial charge in [-0.05, 0) is 25.9 Å². The van der Waals surface area contributed by atoms with Gasteiger partial charge in [-0.15, -0.1) is 0 Å². The molecule has 4 nitrogen and oxygen atoms in total. The van der Waals surface area contributed by atoms with Crippen molar-refractivity contribution in [3.8, 4) is 0 Å². The first-order valence-electron chi connectivity index (χ1n) is 6.55. The summed E-state index contributed by atoms with van der Waals surface area (Å²) < 4.78 is 4.53. The van der Waals surface area contributed by atoms with E-state index >= 15 is 0 Å². The molecule has 0 bridgehead atoms. The molecule has 0 aromatic heterocycles. The second-order valence-electron chi connectivity index (χ2n) is 5.14. The monoisotopic (exact) mass is 243 g/mol. The summed E-state index contributed by atoms with van der Waals surface area (Å²) >= 11 is 0. The second-order valence-corrected chi connectivity index (χ2v) is 5.14. The van der Waals surface area contributed by atoms with Crippen LogP contribution < -0.4 is 0 Å². The van der Waals surface area contributed by atoms with E-state index in [0.717, 1.165) is 12.5 Å². The van der Waals surface area contributed by atoms with Crippen molar-refractivity contribution in [3.63, 3.8) is 0 Å². The van der Waals surface area contributed by atoms with Gasteiger partial charge in [-0.3, -0.25) is 4.79 Å². The van der Waals surface area contributed by atoms with Crippen molar-refractivity contribution in [1.29, 1.82) is 0 Å². The zero-order valence-corrected chi connectivity index (χ0v) is 11.0. The quantitative estimate of drug-likeness (QED) is 0.687. The fourth-order valence-electron chi connectivity index (χ4n) is 2.49. The zero-order valence-electron chi connectivity index (χ0n) is 11.0. The van der Waals surface area contributed by atoms with E-state index in [-0.39, 0.29) is 12.4 Å². The molecule has 1 atom stereocenters. The molecule has 0 amide bonds. The molecule has 0 aliphatic heterocycles. The zero-order chi connectivity index (χ0) is 12.7. The molecule has 1 saturated carbocycles. The van der Waals surface area contributed by atoms with Crippen LogP contribution in [0, 0.1) is 5.92 Å². The average molecular weight is 243 g/mol. The standard InChI is InChI=1S/C13H25NO3/c1-14(8-7-11-5-3-4-6-11)10-12(15)9-13(16)17-2/h11-12,15H,3-10H2,1-2H3. The lowest BCUT2D eigenvalue weighted by molar-refractivity contribution is -0.143. The van der Waals surface area contributed by atoms with Crippen LogP contribution >= 0.6 is 0 Å². The molecule has 0 radical (unpaired) electrons. The molecule has 0 saturated heterocycles. The van der Waals surface area contributed by atoms with Crippen molar-refractivity contribution in [1.82, 2.24) is 4.90 Å². The number of ether oxygens (including phenoxy) is 1. The Morgan fingerprint density at radius 1 is 1.47 bits per heavy atom. The summed E-state index contributed by atoms with van der Waals surface area (Å²) in [5.41, 5.74) is 0. The van der Waals surface area contributed by atoms with Gasteiger partial charge >= 0.3 is 5.97 Å². The molecule has 1 aliphatic rings. The minimum atomic E-state index is -0.615. The van der Waals surface area contributed by atoms with E-state index in [2.05, 4.69) is 9.64 Å². The third-order valence-electron chi connectivity index (χ3n) is 3.55. The summed E-state index contributed by atoms with van der Waals surface area (Å²) in [4.78, 5) is 13.1. The van der Waals surface area contributed by atoms with Crippen LogP contribution in [0.2, 0.25) is 0 Å². The lowest BCUT2D eigenvalue weighted by Gasteiger charge is -2.21. The maximum atomic E-state index is 11.0. The predicted octanol–water partition coefficient (Wildman–Crippen LogP) is 1.42. The van der Waals surface area contributed by atoms with Crippen molar-refractivity contribution in [3.05, 3.63) is 0 Å². The van der Waals surface area contributed by atoms with E-state index in [4.69, 9.17) is 0 Å². The Labute approximate surface area is 104 Å². The molecule has 0 heterocycles. The van der Waals surface area contributed by atoms with Crippen LogP contribution in [0.5, 0.6) is 0 Å². The van der Waals surface area contributed by atoms with E-state index in [1.165, 1.54) is 39.2 Å². The maximum absolute atomic E-state index is 11.0. The fourth-order valence-corrected chi connectivity index (χ4v) is 2.49. The smallest absolute Gasteiger partial charge is 0.308 e. The van der Waals surface area contributed by atoms with E-state index in [0.29, 0.717) is 6.54 Å². The van der Waals surface area contributed by atoms with Gasteiger partial charge in [-0.2, -0.15) is 0 Å². The molecular weight excluding hydrogens is 218 g/mol. The van der Waals surface area contributed by atoms with E-state index in [1.807, 2.05) is 7.05 Å². The summed E-state index contributed by atoms with van der Waals surface area (Å²) in [6.07, 6.45) is 6.15. The van der Waals surface area contributed by atoms with E-state index in [1.54, 1.807) is 0 Å². The van der Waals surface area contributed by atoms with Crippen LogP contribution in [0.4, 0.5) is 0 Å². The lowest BCUT2D eigenvalue weighted by Crippen LogP contribution is -2.32. The number of aliphatic hydroxyl groups is 1. The molecule has 17 heavy (non-hydrogen) atoms. The number of carbonyl (C=O) groups excluding carboxylic acids is 1. The second kappa shape index (κ2) is 7.67. The van der Waals surface area contributed by atoms with Gasteiger partial charge in [-0.25, -0.2) is 0 Å².